The summed E-state index contributed by atoms with van der Waals surface area (Å²) in [7, 11) is 1.66. The van der Waals surface area contributed by atoms with Gasteiger partial charge < -0.3 is 15.7 Å². The molecule has 1 aromatic rings. The van der Waals surface area contributed by atoms with Gasteiger partial charge in [-0.05, 0) is 42.9 Å². The average molecular weight is 278 g/mol. The van der Waals surface area contributed by atoms with Crippen molar-refractivity contribution < 1.29 is 9.90 Å². The van der Waals surface area contributed by atoms with Gasteiger partial charge in [0.05, 0.1) is 6.04 Å². The Morgan fingerprint density at radius 3 is 2.25 bits per heavy atom. The van der Waals surface area contributed by atoms with Gasteiger partial charge in [0.2, 0.25) is 5.91 Å². The van der Waals surface area contributed by atoms with E-state index in [4.69, 9.17) is 0 Å². The highest BCUT2D eigenvalue weighted by Gasteiger charge is 2.18. The zero-order valence-corrected chi connectivity index (χ0v) is 13.1. The number of phenolic OH excluding ortho intramolecular Hbond substituents is 1. The van der Waals surface area contributed by atoms with Gasteiger partial charge in [-0.3, -0.25) is 4.79 Å². The van der Waals surface area contributed by atoms with Crippen molar-refractivity contribution in [1.82, 2.24) is 10.6 Å². The smallest absolute Gasteiger partial charge is 0.236 e. The number of rotatable bonds is 6. The fourth-order valence-corrected chi connectivity index (χ4v) is 2.32. The van der Waals surface area contributed by atoms with Crippen molar-refractivity contribution in [2.45, 2.75) is 46.7 Å². The molecular weight excluding hydrogens is 252 g/mol. The minimum absolute atomic E-state index is 0.0194. The molecule has 0 saturated carbocycles. The van der Waals surface area contributed by atoms with Crippen LogP contribution in [0.2, 0.25) is 0 Å². The second-order valence-electron chi connectivity index (χ2n) is 5.76. The number of hydrogen-bond donors (Lipinski definition) is 3. The number of carbonyl (C=O) groups is 1. The summed E-state index contributed by atoms with van der Waals surface area (Å²) < 4.78 is 0. The SMILES string of the molecule is CNC(=O)C(CC(C)C)NCc1cc(C)c(O)c(C)c1. The standard InChI is InChI=1S/C16H26N2O2/c1-10(2)6-14(16(20)17-5)18-9-13-7-11(3)15(19)12(4)8-13/h7-8,10,14,18-19H,6,9H2,1-5H3,(H,17,20). The van der Waals surface area contributed by atoms with Gasteiger partial charge in [0.15, 0.2) is 0 Å². The third-order valence-electron chi connectivity index (χ3n) is 3.37. The van der Waals surface area contributed by atoms with Gasteiger partial charge in [0, 0.05) is 13.6 Å². The maximum absolute atomic E-state index is 11.8. The fourth-order valence-electron chi connectivity index (χ4n) is 2.32. The quantitative estimate of drug-likeness (QED) is 0.748. The molecule has 1 atom stereocenters. The molecule has 0 aliphatic heterocycles. The van der Waals surface area contributed by atoms with Gasteiger partial charge in [-0.2, -0.15) is 0 Å². The molecular formula is C16H26N2O2. The molecule has 0 spiro atoms. The normalized spacial score (nSPS) is 12.5. The van der Waals surface area contributed by atoms with E-state index >= 15 is 0 Å². The second kappa shape index (κ2) is 7.29. The molecule has 0 radical (unpaired) electrons. The van der Waals surface area contributed by atoms with Gasteiger partial charge in [-0.15, -0.1) is 0 Å². The molecule has 1 aromatic carbocycles. The number of hydrogen-bond acceptors (Lipinski definition) is 3. The lowest BCUT2D eigenvalue weighted by atomic mass is 10.0. The Hall–Kier alpha value is -1.55. The highest BCUT2D eigenvalue weighted by molar-refractivity contribution is 5.81. The zero-order chi connectivity index (χ0) is 15.3. The highest BCUT2D eigenvalue weighted by Crippen LogP contribution is 2.22. The van der Waals surface area contributed by atoms with Crippen LogP contribution >= 0.6 is 0 Å². The lowest BCUT2D eigenvalue weighted by Crippen LogP contribution is -2.43. The summed E-state index contributed by atoms with van der Waals surface area (Å²) in [5.74, 6) is 0.817. The van der Waals surface area contributed by atoms with Gasteiger partial charge in [-0.1, -0.05) is 26.0 Å². The lowest BCUT2D eigenvalue weighted by Gasteiger charge is -2.19. The molecule has 1 unspecified atom stereocenters. The maximum Gasteiger partial charge on any atom is 0.236 e. The summed E-state index contributed by atoms with van der Waals surface area (Å²) in [6.07, 6.45) is 0.801. The van der Waals surface area contributed by atoms with Gasteiger partial charge in [0.1, 0.15) is 5.75 Å². The molecule has 112 valence electrons. The summed E-state index contributed by atoms with van der Waals surface area (Å²) in [4.78, 5) is 11.8. The molecule has 1 amide bonds. The van der Waals surface area contributed by atoms with E-state index in [0.717, 1.165) is 23.1 Å². The largest absolute Gasteiger partial charge is 0.507 e. The maximum atomic E-state index is 11.8. The molecule has 4 nitrogen and oxygen atoms in total. The third kappa shape index (κ3) is 4.53. The Labute approximate surface area is 121 Å². The Bertz CT molecular complexity index is 447. The van der Waals surface area contributed by atoms with Crippen molar-refractivity contribution in [2.24, 2.45) is 5.92 Å². The first kappa shape index (κ1) is 16.5. The molecule has 4 heteroatoms. The van der Waals surface area contributed by atoms with E-state index < -0.39 is 0 Å². The summed E-state index contributed by atoms with van der Waals surface area (Å²) >= 11 is 0. The number of benzene rings is 1. The van der Waals surface area contributed by atoms with Crippen molar-refractivity contribution in [2.75, 3.05) is 7.05 Å². The third-order valence-corrected chi connectivity index (χ3v) is 3.37. The number of carbonyl (C=O) groups excluding carboxylic acids is 1. The monoisotopic (exact) mass is 278 g/mol. The number of aryl methyl sites for hydroxylation is 2. The van der Waals surface area contributed by atoms with Crippen LogP contribution in [0.4, 0.5) is 0 Å². The minimum atomic E-state index is -0.186. The molecule has 0 aliphatic rings. The van der Waals surface area contributed by atoms with Crippen LogP contribution in [0.25, 0.3) is 0 Å². The first-order valence-electron chi connectivity index (χ1n) is 7.09. The van der Waals surface area contributed by atoms with Crippen LogP contribution in [-0.4, -0.2) is 24.1 Å². The molecule has 0 heterocycles. The number of nitrogens with one attached hydrogen (secondary N) is 2. The van der Waals surface area contributed by atoms with Crippen molar-refractivity contribution in [3.8, 4) is 5.75 Å². The molecule has 3 N–H and O–H groups in total. The van der Waals surface area contributed by atoms with E-state index in [1.54, 1.807) is 7.05 Å². The van der Waals surface area contributed by atoms with E-state index in [9.17, 15) is 9.90 Å². The van der Waals surface area contributed by atoms with Crippen molar-refractivity contribution >= 4 is 5.91 Å². The van der Waals surface area contributed by atoms with Crippen LogP contribution < -0.4 is 10.6 Å². The van der Waals surface area contributed by atoms with E-state index in [1.807, 2.05) is 26.0 Å². The summed E-state index contributed by atoms with van der Waals surface area (Å²) in [5.41, 5.74) is 2.81. The Balaban J connectivity index is 2.74. The number of aromatic hydroxyl groups is 1. The lowest BCUT2D eigenvalue weighted by molar-refractivity contribution is -0.123. The average Bonchev–Trinajstić information content (AvgIpc) is 2.39. The fraction of sp³-hybridized carbons (Fsp3) is 0.562. The Morgan fingerprint density at radius 1 is 1.25 bits per heavy atom. The van der Waals surface area contributed by atoms with Crippen LogP contribution in [0.15, 0.2) is 12.1 Å². The first-order valence-corrected chi connectivity index (χ1v) is 7.09. The molecule has 20 heavy (non-hydrogen) atoms. The zero-order valence-electron chi connectivity index (χ0n) is 13.1. The Morgan fingerprint density at radius 2 is 1.80 bits per heavy atom. The van der Waals surface area contributed by atoms with Gasteiger partial charge >= 0.3 is 0 Å². The number of amides is 1. The van der Waals surface area contributed by atoms with Crippen LogP contribution in [0.5, 0.6) is 5.75 Å². The van der Waals surface area contributed by atoms with E-state index in [0.29, 0.717) is 18.2 Å². The molecule has 0 fully saturated rings. The topological polar surface area (TPSA) is 61.4 Å². The van der Waals surface area contributed by atoms with Gasteiger partial charge in [0.25, 0.3) is 0 Å². The van der Waals surface area contributed by atoms with Crippen LogP contribution in [0.1, 0.15) is 37.0 Å². The molecule has 0 aliphatic carbocycles. The van der Waals surface area contributed by atoms with E-state index in [1.165, 1.54) is 0 Å². The minimum Gasteiger partial charge on any atom is -0.507 e. The van der Waals surface area contributed by atoms with Gasteiger partial charge in [-0.25, -0.2) is 0 Å². The highest BCUT2D eigenvalue weighted by atomic mass is 16.3. The van der Waals surface area contributed by atoms with Crippen LogP contribution in [0, 0.1) is 19.8 Å². The summed E-state index contributed by atoms with van der Waals surface area (Å²) in [6, 6.07) is 3.71. The molecule has 0 saturated heterocycles. The molecule has 0 bridgehead atoms. The first-order chi connectivity index (χ1) is 9.35. The predicted octanol–water partition coefficient (Wildman–Crippen LogP) is 2.26. The Kier molecular flexibility index (Phi) is 6.02. The van der Waals surface area contributed by atoms with E-state index in [2.05, 4.69) is 24.5 Å². The van der Waals surface area contributed by atoms with Crippen LogP contribution in [0.3, 0.4) is 0 Å². The van der Waals surface area contributed by atoms with E-state index in [-0.39, 0.29) is 11.9 Å². The number of phenols is 1. The van der Waals surface area contributed by atoms with Crippen molar-refractivity contribution in [3.63, 3.8) is 0 Å². The number of likely N-dealkylation sites (N-methyl/N-ethyl adjacent to an activating group) is 1. The van der Waals surface area contributed by atoms with Crippen molar-refractivity contribution in [3.05, 3.63) is 28.8 Å². The predicted molar refractivity (Wildman–Crippen MR) is 81.7 cm³/mol. The van der Waals surface area contributed by atoms with Crippen molar-refractivity contribution in [1.29, 1.82) is 0 Å². The second-order valence-corrected chi connectivity index (χ2v) is 5.76. The molecule has 1 rings (SSSR count). The summed E-state index contributed by atoms with van der Waals surface area (Å²) in [6.45, 7) is 8.60. The van der Waals surface area contributed by atoms with Crippen LogP contribution in [-0.2, 0) is 11.3 Å². The summed E-state index contributed by atoms with van der Waals surface area (Å²) in [5, 5.41) is 15.8. The molecule has 0 aromatic heterocycles.